The molecule has 6 heteroatoms. The summed E-state index contributed by atoms with van der Waals surface area (Å²) in [7, 11) is 1.45. The number of amides is 1. The first-order valence-electron chi connectivity index (χ1n) is 9.11. The van der Waals surface area contributed by atoms with Gasteiger partial charge in [-0.05, 0) is 52.9 Å². The molecule has 2 rings (SSSR count). The van der Waals surface area contributed by atoms with Crippen LogP contribution in [0.1, 0.15) is 59.3 Å². The predicted molar refractivity (Wildman–Crippen MR) is 91.7 cm³/mol. The third-order valence-corrected chi connectivity index (χ3v) is 4.86. The Kier molecular flexibility index (Phi) is 6.49. The zero-order valence-corrected chi connectivity index (χ0v) is 15.5. The van der Waals surface area contributed by atoms with E-state index in [1.165, 1.54) is 7.11 Å². The summed E-state index contributed by atoms with van der Waals surface area (Å²) >= 11 is 0. The highest BCUT2D eigenvalue weighted by molar-refractivity contribution is 5.72. The number of carbonyl (C=O) groups excluding carboxylic acids is 2. The highest BCUT2D eigenvalue weighted by Crippen LogP contribution is 2.26. The van der Waals surface area contributed by atoms with E-state index in [9.17, 15) is 9.59 Å². The molecule has 1 saturated heterocycles. The van der Waals surface area contributed by atoms with Gasteiger partial charge in [0.1, 0.15) is 5.60 Å². The number of methoxy groups -OCH3 is 1. The minimum atomic E-state index is -0.464. The molecule has 24 heavy (non-hydrogen) atoms. The van der Waals surface area contributed by atoms with Gasteiger partial charge in [-0.25, -0.2) is 4.79 Å². The molecule has 1 aliphatic carbocycles. The van der Waals surface area contributed by atoms with Crippen molar-refractivity contribution in [3.05, 3.63) is 0 Å². The summed E-state index contributed by atoms with van der Waals surface area (Å²) in [6.07, 6.45) is 5.65. The zero-order valence-electron chi connectivity index (χ0n) is 15.5. The van der Waals surface area contributed by atoms with Crippen LogP contribution in [0, 0.1) is 5.92 Å². The molecule has 1 saturated carbocycles. The van der Waals surface area contributed by atoms with Crippen molar-refractivity contribution in [2.75, 3.05) is 20.2 Å². The van der Waals surface area contributed by atoms with E-state index >= 15 is 0 Å². The molecule has 138 valence electrons. The molecule has 6 nitrogen and oxygen atoms in total. The van der Waals surface area contributed by atoms with Gasteiger partial charge in [-0.2, -0.15) is 0 Å². The van der Waals surface area contributed by atoms with Crippen molar-refractivity contribution >= 4 is 12.1 Å². The number of nitrogens with zero attached hydrogens (tertiary/aromatic N) is 1. The van der Waals surface area contributed by atoms with Gasteiger partial charge in [0.05, 0.1) is 13.0 Å². The third kappa shape index (κ3) is 5.36. The average molecular weight is 340 g/mol. The Morgan fingerprint density at radius 2 is 1.92 bits per heavy atom. The molecule has 2 aliphatic rings. The lowest BCUT2D eigenvalue weighted by Crippen LogP contribution is -2.47. The maximum absolute atomic E-state index is 12.3. The fourth-order valence-electron chi connectivity index (χ4n) is 3.67. The SMILES string of the molecule is COC(=O)C1CCCC(NCC2CCCN2C(=O)OC(C)(C)C)C1. The lowest BCUT2D eigenvalue weighted by Gasteiger charge is -2.32. The monoisotopic (exact) mass is 340 g/mol. The molecule has 0 aromatic rings. The minimum Gasteiger partial charge on any atom is -0.469 e. The van der Waals surface area contributed by atoms with Crippen molar-refractivity contribution < 1.29 is 19.1 Å². The highest BCUT2D eigenvalue weighted by Gasteiger charge is 2.33. The van der Waals surface area contributed by atoms with Crippen LogP contribution in [0.15, 0.2) is 0 Å². The molecule has 3 atom stereocenters. The molecule has 1 heterocycles. The Morgan fingerprint density at radius 1 is 1.17 bits per heavy atom. The lowest BCUT2D eigenvalue weighted by atomic mass is 9.85. The standard InChI is InChI=1S/C18H32N2O4/c1-18(2,3)24-17(22)20-10-6-9-15(20)12-19-14-8-5-7-13(11-14)16(21)23-4/h13-15,19H,5-12H2,1-4H3. The minimum absolute atomic E-state index is 0.00628. The number of likely N-dealkylation sites (tertiary alicyclic amines) is 1. The van der Waals surface area contributed by atoms with Gasteiger partial charge in [0.25, 0.3) is 0 Å². The number of carbonyl (C=O) groups is 2. The van der Waals surface area contributed by atoms with Gasteiger partial charge in [0.2, 0.25) is 0 Å². The Morgan fingerprint density at radius 3 is 2.58 bits per heavy atom. The van der Waals surface area contributed by atoms with Crippen molar-refractivity contribution in [1.82, 2.24) is 10.2 Å². The Bertz CT molecular complexity index is 447. The summed E-state index contributed by atoms with van der Waals surface area (Å²) in [5, 5.41) is 3.56. The normalized spacial score (nSPS) is 27.8. The van der Waals surface area contributed by atoms with Gasteiger partial charge in [0.15, 0.2) is 0 Å². The van der Waals surface area contributed by atoms with Crippen LogP contribution in [-0.4, -0.2) is 54.8 Å². The van der Waals surface area contributed by atoms with Crippen LogP contribution in [0.4, 0.5) is 4.79 Å². The summed E-state index contributed by atoms with van der Waals surface area (Å²) in [6, 6.07) is 0.502. The summed E-state index contributed by atoms with van der Waals surface area (Å²) in [6.45, 7) is 7.20. The molecule has 3 unspecified atom stereocenters. The maximum atomic E-state index is 12.3. The lowest BCUT2D eigenvalue weighted by molar-refractivity contribution is -0.146. The van der Waals surface area contributed by atoms with Crippen molar-refractivity contribution in [2.45, 2.75) is 77.0 Å². The van der Waals surface area contributed by atoms with Crippen LogP contribution in [0.25, 0.3) is 0 Å². The Hall–Kier alpha value is -1.30. The number of rotatable bonds is 4. The van der Waals surface area contributed by atoms with Crippen LogP contribution in [0.2, 0.25) is 0 Å². The summed E-state index contributed by atoms with van der Waals surface area (Å²) in [5.41, 5.74) is -0.464. The second kappa shape index (κ2) is 8.19. The van der Waals surface area contributed by atoms with Gasteiger partial charge < -0.3 is 19.7 Å². The molecule has 1 aliphatic heterocycles. The van der Waals surface area contributed by atoms with E-state index < -0.39 is 5.60 Å². The van der Waals surface area contributed by atoms with E-state index in [1.54, 1.807) is 0 Å². The van der Waals surface area contributed by atoms with Crippen LogP contribution in [0.5, 0.6) is 0 Å². The van der Waals surface area contributed by atoms with E-state index in [4.69, 9.17) is 9.47 Å². The first-order chi connectivity index (χ1) is 11.3. The van der Waals surface area contributed by atoms with E-state index in [0.29, 0.717) is 6.04 Å². The molecular weight excluding hydrogens is 308 g/mol. The fourth-order valence-corrected chi connectivity index (χ4v) is 3.67. The first-order valence-corrected chi connectivity index (χ1v) is 9.11. The topological polar surface area (TPSA) is 67.9 Å². The Balaban J connectivity index is 1.82. The second-order valence-corrected chi connectivity index (χ2v) is 7.96. The van der Waals surface area contributed by atoms with Crippen LogP contribution in [0.3, 0.4) is 0 Å². The van der Waals surface area contributed by atoms with E-state index in [1.807, 2.05) is 25.7 Å². The molecule has 1 amide bonds. The number of hydrogen-bond acceptors (Lipinski definition) is 5. The van der Waals surface area contributed by atoms with Gasteiger partial charge >= 0.3 is 12.1 Å². The van der Waals surface area contributed by atoms with Gasteiger partial charge in [-0.15, -0.1) is 0 Å². The number of nitrogens with one attached hydrogen (secondary N) is 1. The van der Waals surface area contributed by atoms with Crippen molar-refractivity contribution in [3.63, 3.8) is 0 Å². The average Bonchev–Trinajstić information content (AvgIpc) is 2.99. The van der Waals surface area contributed by atoms with Crippen molar-refractivity contribution in [2.24, 2.45) is 5.92 Å². The zero-order chi connectivity index (χ0) is 17.7. The molecule has 1 N–H and O–H groups in total. The summed E-state index contributed by atoms with van der Waals surface area (Å²) < 4.78 is 10.4. The highest BCUT2D eigenvalue weighted by atomic mass is 16.6. The van der Waals surface area contributed by atoms with Crippen LogP contribution >= 0.6 is 0 Å². The van der Waals surface area contributed by atoms with Gasteiger partial charge in [-0.1, -0.05) is 6.42 Å². The largest absolute Gasteiger partial charge is 0.469 e. The number of ether oxygens (including phenoxy) is 2. The summed E-state index contributed by atoms with van der Waals surface area (Å²) in [4.78, 5) is 25.9. The molecule has 0 bridgehead atoms. The van der Waals surface area contributed by atoms with E-state index in [-0.39, 0.29) is 24.0 Å². The molecule has 0 radical (unpaired) electrons. The molecular formula is C18H32N2O4. The molecule has 0 spiro atoms. The maximum Gasteiger partial charge on any atom is 0.410 e. The predicted octanol–water partition coefficient (Wildman–Crippen LogP) is 2.71. The molecule has 0 aromatic heterocycles. The molecule has 0 aromatic carbocycles. The van der Waals surface area contributed by atoms with Crippen LogP contribution in [-0.2, 0) is 14.3 Å². The summed E-state index contributed by atoms with van der Waals surface area (Å²) in [5.74, 6) is -0.0930. The Labute approximate surface area is 145 Å². The van der Waals surface area contributed by atoms with E-state index in [2.05, 4.69) is 5.32 Å². The number of hydrogen-bond donors (Lipinski definition) is 1. The fraction of sp³-hybridized carbons (Fsp3) is 0.889. The van der Waals surface area contributed by atoms with Crippen molar-refractivity contribution in [1.29, 1.82) is 0 Å². The smallest absolute Gasteiger partial charge is 0.410 e. The quantitative estimate of drug-likeness (QED) is 0.797. The van der Waals surface area contributed by atoms with Crippen molar-refractivity contribution in [3.8, 4) is 0 Å². The van der Waals surface area contributed by atoms with Gasteiger partial charge in [0, 0.05) is 25.2 Å². The second-order valence-electron chi connectivity index (χ2n) is 7.96. The van der Waals surface area contributed by atoms with Crippen LogP contribution < -0.4 is 5.32 Å². The van der Waals surface area contributed by atoms with E-state index in [0.717, 1.165) is 51.6 Å². The third-order valence-electron chi connectivity index (χ3n) is 4.86. The molecule has 2 fully saturated rings. The van der Waals surface area contributed by atoms with Gasteiger partial charge in [-0.3, -0.25) is 4.79 Å². The first kappa shape index (κ1) is 19.0. The number of esters is 1.